The Morgan fingerprint density at radius 3 is 2.50 bits per heavy atom. The lowest BCUT2D eigenvalue weighted by Gasteiger charge is -2.19. The van der Waals surface area contributed by atoms with Gasteiger partial charge in [-0.1, -0.05) is 13.0 Å². The Morgan fingerprint density at radius 2 is 1.90 bits per heavy atom. The average Bonchev–Trinajstić information content (AvgIpc) is 2.85. The summed E-state index contributed by atoms with van der Waals surface area (Å²) < 4.78 is 46.0. The van der Waals surface area contributed by atoms with Crippen LogP contribution in [0.4, 0.5) is 13.2 Å². The van der Waals surface area contributed by atoms with Crippen molar-refractivity contribution in [2.75, 3.05) is 6.54 Å². The van der Waals surface area contributed by atoms with Crippen LogP contribution < -0.4 is 5.32 Å². The maximum absolute atomic E-state index is 14.0. The zero-order valence-corrected chi connectivity index (χ0v) is 12.3. The molecule has 108 valence electrons. The first-order valence-corrected chi connectivity index (χ1v) is 6.95. The number of furan rings is 1. The molecule has 0 aliphatic heterocycles. The maximum atomic E-state index is 14.0. The number of hydrogen-bond donors (Lipinski definition) is 1. The molecule has 2 aromatic rings. The molecule has 1 unspecified atom stereocenters. The number of halogens is 4. The second kappa shape index (κ2) is 6.45. The predicted octanol–water partition coefficient (Wildman–Crippen LogP) is 4.55. The van der Waals surface area contributed by atoms with Gasteiger partial charge >= 0.3 is 0 Å². The molecule has 0 aliphatic rings. The number of rotatable bonds is 5. The summed E-state index contributed by atoms with van der Waals surface area (Å²) in [5.74, 6) is -3.86. The molecule has 0 saturated carbocycles. The molecule has 0 bridgehead atoms. The molecule has 1 aromatic heterocycles. The Kier molecular flexibility index (Phi) is 4.88. The third kappa shape index (κ3) is 2.91. The van der Waals surface area contributed by atoms with Crippen LogP contribution in [0.2, 0.25) is 0 Å². The Labute approximate surface area is 123 Å². The third-order valence-corrected chi connectivity index (χ3v) is 3.58. The van der Waals surface area contributed by atoms with Gasteiger partial charge in [-0.2, -0.15) is 0 Å². The van der Waals surface area contributed by atoms with E-state index in [1.807, 2.05) is 6.92 Å². The van der Waals surface area contributed by atoms with Gasteiger partial charge in [0, 0.05) is 11.1 Å². The third-order valence-electron chi connectivity index (χ3n) is 2.93. The zero-order chi connectivity index (χ0) is 14.7. The molecule has 0 saturated heterocycles. The van der Waals surface area contributed by atoms with Crippen LogP contribution in [0.3, 0.4) is 0 Å². The molecule has 2 nitrogen and oxygen atoms in total. The Balaban J connectivity index is 2.47. The molecule has 0 radical (unpaired) electrons. The van der Waals surface area contributed by atoms with Gasteiger partial charge in [0.05, 0.1) is 12.3 Å². The lowest BCUT2D eigenvalue weighted by molar-refractivity contribution is 0.431. The monoisotopic (exact) mass is 347 g/mol. The summed E-state index contributed by atoms with van der Waals surface area (Å²) in [6, 6.07) is 3.19. The fourth-order valence-corrected chi connectivity index (χ4v) is 2.42. The summed E-state index contributed by atoms with van der Waals surface area (Å²) in [4.78, 5) is 0. The van der Waals surface area contributed by atoms with Gasteiger partial charge < -0.3 is 9.73 Å². The molecule has 0 spiro atoms. The first-order valence-electron chi connectivity index (χ1n) is 6.16. The van der Waals surface area contributed by atoms with E-state index >= 15 is 0 Å². The van der Waals surface area contributed by atoms with Crippen molar-refractivity contribution in [1.82, 2.24) is 5.32 Å². The average molecular weight is 348 g/mol. The number of benzene rings is 1. The highest BCUT2D eigenvalue weighted by Gasteiger charge is 2.24. The van der Waals surface area contributed by atoms with Crippen LogP contribution in [0.25, 0.3) is 0 Å². The molecule has 0 aliphatic carbocycles. The minimum atomic E-state index is -1.47. The molecular formula is C14H13BrF3NO. The second-order valence-corrected chi connectivity index (χ2v) is 5.02. The van der Waals surface area contributed by atoms with Crippen molar-refractivity contribution in [1.29, 1.82) is 0 Å². The van der Waals surface area contributed by atoms with Gasteiger partial charge in [-0.3, -0.25) is 0 Å². The minimum absolute atomic E-state index is 0.0412. The van der Waals surface area contributed by atoms with E-state index in [1.54, 1.807) is 6.07 Å². The summed E-state index contributed by atoms with van der Waals surface area (Å²) in [5.41, 5.74) is 0.669. The van der Waals surface area contributed by atoms with Gasteiger partial charge in [0.15, 0.2) is 22.1 Å². The van der Waals surface area contributed by atoms with E-state index in [-0.39, 0.29) is 5.56 Å². The van der Waals surface area contributed by atoms with E-state index in [0.717, 1.165) is 12.5 Å². The molecule has 0 fully saturated rings. The molecule has 20 heavy (non-hydrogen) atoms. The standard InChI is InChI=1S/C14H13BrF3NO/c1-2-6-19-13(9-5-7-20-14(9)15)8-3-4-10(16)12(18)11(8)17/h3-5,7,13,19H,2,6H2,1H3. The van der Waals surface area contributed by atoms with Crippen molar-refractivity contribution >= 4 is 15.9 Å². The van der Waals surface area contributed by atoms with Gasteiger partial charge in [0.1, 0.15) is 0 Å². The van der Waals surface area contributed by atoms with Crippen molar-refractivity contribution in [3.05, 3.63) is 57.7 Å². The molecule has 1 N–H and O–H groups in total. The van der Waals surface area contributed by atoms with E-state index < -0.39 is 23.5 Å². The number of nitrogens with one attached hydrogen (secondary N) is 1. The van der Waals surface area contributed by atoms with Crippen LogP contribution in [0.5, 0.6) is 0 Å². The highest BCUT2D eigenvalue weighted by atomic mass is 79.9. The largest absolute Gasteiger partial charge is 0.457 e. The fourth-order valence-electron chi connectivity index (χ4n) is 1.95. The van der Waals surface area contributed by atoms with Crippen molar-refractivity contribution < 1.29 is 17.6 Å². The Bertz CT molecular complexity index is 600. The first-order chi connectivity index (χ1) is 9.56. The van der Waals surface area contributed by atoms with Crippen molar-refractivity contribution in [2.45, 2.75) is 19.4 Å². The highest BCUT2D eigenvalue weighted by Crippen LogP contribution is 2.32. The van der Waals surface area contributed by atoms with Crippen LogP contribution in [0, 0.1) is 17.5 Å². The second-order valence-electron chi connectivity index (χ2n) is 4.30. The molecule has 2 rings (SSSR count). The van der Waals surface area contributed by atoms with Gasteiger partial charge in [0.25, 0.3) is 0 Å². The summed E-state index contributed by atoms with van der Waals surface area (Å²) >= 11 is 3.22. The van der Waals surface area contributed by atoms with Gasteiger partial charge in [-0.25, -0.2) is 13.2 Å². The van der Waals surface area contributed by atoms with Crippen molar-refractivity contribution in [3.8, 4) is 0 Å². The van der Waals surface area contributed by atoms with Crippen LogP contribution >= 0.6 is 15.9 Å². The maximum Gasteiger partial charge on any atom is 0.194 e. The van der Waals surface area contributed by atoms with Crippen LogP contribution in [0.15, 0.2) is 33.5 Å². The summed E-state index contributed by atoms with van der Waals surface area (Å²) in [5, 5.41) is 3.10. The van der Waals surface area contributed by atoms with Gasteiger partial charge in [0.2, 0.25) is 0 Å². The van der Waals surface area contributed by atoms with E-state index in [0.29, 0.717) is 16.8 Å². The first kappa shape index (κ1) is 15.1. The molecule has 1 aromatic carbocycles. The zero-order valence-electron chi connectivity index (χ0n) is 10.7. The van der Waals surface area contributed by atoms with Gasteiger partial charge in [-0.05, 0) is 41.0 Å². The summed E-state index contributed by atoms with van der Waals surface area (Å²) in [7, 11) is 0. The molecule has 1 atom stereocenters. The van der Waals surface area contributed by atoms with Crippen LogP contribution in [-0.4, -0.2) is 6.54 Å². The Hall–Kier alpha value is -1.27. The van der Waals surface area contributed by atoms with Crippen LogP contribution in [0.1, 0.15) is 30.5 Å². The topological polar surface area (TPSA) is 25.2 Å². The smallest absolute Gasteiger partial charge is 0.194 e. The van der Waals surface area contributed by atoms with E-state index in [4.69, 9.17) is 4.42 Å². The van der Waals surface area contributed by atoms with E-state index in [9.17, 15) is 13.2 Å². The molecular weight excluding hydrogens is 335 g/mol. The lowest BCUT2D eigenvalue weighted by Crippen LogP contribution is -2.24. The summed E-state index contributed by atoms with van der Waals surface area (Å²) in [6.45, 7) is 2.55. The molecule has 1 heterocycles. The number of hydrogen-bond acceptors (Lipinski definition) is 2. The Morgan fingerprint density at radius 1 is 1.15 bits per heavy atom. The fraction of sp³-hybridized carbons (Fsp3) is 0.286. The van der Waals surface area contributed by atoms with Crippen LogP contribution in [-0.2, 0) is 0 Å². The summed E-state index contributed by atoms with van der Waals surface area (Å²) in [6.07, 6.45) is 2.26. The molecule has 0 amide bonds. The van der Waals surface area contributed by atoms with Crippen molar-refractivity contribution in [3.63, 3.8) is 0 Å². The normalized spacial score (nSPS) is 12.7. The van der Waals surface area contributed by atoms with Gasteiger partial charge in [-0.15, -0.1) is 0 Å². The lowest BCUT2D eigenvalue weighted by atomic mass is 10.00. The minimum Gasteiger partial charge on any atom is -0.457 e. The van der Waals surface area contributed by atoms with E-state index in [2.05, 4.69) is 21.2 Å². The molecule has 6 heteroatoms. The predicted molar refractivity (Wildman–Crippen MR) is 72.9 cm³/mol. The SMILES string of the molecule is CCCNC(c1ccoc1Br)c1ccc(F)c(F)c1F. The highest BCUT2D eigenvalue weighted by molar-refractivity contribution is 9.10. The van der Waals surface area contributed by atoms with Crippen molar-refractivity contribution in [2.24, 2.45) is 0 Å². The van der Waals surface area contributed by atoms with E-state index in [1.165, 1.54) is 12.3 Å². The quantitative estimate of drug-likeness (QED) is 0.802.